The van der Waals surface area contributed by atoms with Crippen LogP contribution in [0.2, 0.25) is 0 Å². The van der Waals surface area contributed by atoms with Crippen LogP contribution in [0.25, 0.3) is 0 Å². The van der Waals surface area contributed by atoms with Gasteiger partial charge >= 0.3 is 0 Å². The highest BCUT2D eigenvalue weighted by Gasteiger charge is 2.20. The largest absolute Gasteiger partial charge is 0.389 e. The second kappa shape index (κ2) is 6.01. The molecule has 1 aromatic carbocycles. The lowest BCUT2D eigenvalue weighted by atomic mass is 10.1. The molecule has 0 bridgehead atoms. The van der Waals surface area contributed by atoms with Crippen LogP contribution in [0, 0.1) is 5.82 Å². The van der Waals surface area contributed by atoms with Crippen molar-refractivity contribution >= 4 is 5.82 Å². The molecule has 0 aliphatic rings. The minimum atomic E-state index is -0.617. The van der Waals surface area contributed by atoms with Crippen LogP contribution >= 0.6 is 0 Å². The van der Waals surface area contributed by atoms with Gasteiger partial charge in [0.1, 0.15) is 11.6 Å². The summed E-state index contributed by atoms with van der Waals surface area (Å²) in [6, 6.07) is 10.1. The molecule has 106 valence electrons. The molecule has 2 rings (SSSR count). The number of halogens is 1. The van der Waals surface area contributed by atoms with Crippen molar-refractivity contribution in [2.45, 2.75) is 26.0 Å². The number of hydrogen-bond acceptors (Lipinski definition) is 3. The minimum Gasteiger partial charge on any atom is -0.389 e. The zero-order valence-corrected chi connectivity index (χ0v) is 11.9. The second-order valence-corrected chi connectivity index (χ2v) is 4.90. The summed E-state index contributed by atoms with van der Waals surface area (Å²) >= 11 is 0. The first-order chi connectivity index (χ1) is 9.52. The van der Waals surface area contributed by atoms with E-state index in [1.54, 1.807) is 31.3 Å². The van der Waals surface area contributed by atoms with Gasteiger partial charge in [-0.2, -0.15) is 0 Å². The predicted molar refractivity (Wildman–Crippen MR) is 78.1 cm³/mol. The van der Waals surface area contributed by atoms with Crippen LogP contribution in [0.1, 0.15) is 37.1 Å². The maximum absolute atomic E-state index is 13.9. The Kier molecular flexibility index (Phi) is 4.35. The third-order valence-electron chi connectivity index (χ3n) is 3.54. The van der Waals surface area contributed by atoms with Crippen molar-refractivity contribution < 1.29 is 9.50 Å². The molecule has 0 saturated carbocycles. The van der Waals surface area contributed by atoms with Gasteiger partial charge in [-0.15, -0.1) is 0 Å². The Bertz CT molecular complexity index is 586. The monoisotopic (exact) mass is 274 g/mol. The highest BCUT2D eigenvalue weighted by Crippen LogP contribution is 2.30. The summed E-state index contributed by atoms with van der Waals surface area (Å²) in [5, 5.41) is 9.82. The average molecular weight is 274 g/mol. The highest BCUT2D eigenvalue weighted by molar-refractivity contribution is 5.49. The van der Waals surface area contributed by atoms with Crippen molar-refractivity contribution in [3.8, 4) is 0 Å². The van der Waals surface area contributed by atoms with Crippen molar-refractivity contribution in [3.05, 3.63) is 59.5 Å². The van der Waals surface area contributed by atoms with Crippen molar-refractivity contribution in [2.24, 2.45) is 0 Å². The predicted octanol–water partition coefficient (Wildman–Crippen LogP) is 3.47. The van der Waals surface area contributed by atoms with Crippen LogP contribution in [0.5, 0.6) is 0 Å². The van der Waals surface area contributed by atoms with Crippen molar-refractivity contribution in [1.82, 2.24) is 4.98 Å². The lowest BCUT2D eigenvalue weighted by Gasteiger charge is -2.29. The van der Waals surface area contributed by atoms with Gasteiger partial charge in [0.05, 0.1) is 12.1 Å². The van der Waals surface area contributed by atoms with E-state index in [2.05, 4.69) is 4.98 Å². The Morgan fingerprint density at radius 1 is 1.10 bits per heavy atom. The zero-order valence-electron chi connectivity index (χ0n) is 11.9. The number of aliphatic hydroxyl groups excluding tert-OH is 1. The van der Waals surface area contributed by atoms with Gasteiger partial charge in [-0.05, 0) is 26.0 Å². The Morgan fingerprint density at radius 2 is 1.75 bits per heavy atom. The molecule has 4 heteroatoms. The van der Waals surface area contributed by atoms with Gasteiger partial charge in [0, 0.05) is 24.4 Å². The minimum absolute atomic E-state index is 0.177. The lowest BCUT2D eigenvalue weighted by Crippen LogP contribution is -2.25. The summed E-state index contributed by atoms with van der Waals surface area (Å²) < 4.78 is 13.9. The Balaban J connectivity index is 2.37. The van der Waals surface area contributed by atoms with E-state index in [0.717, 1.165) is 5.56 Å². The van der Waals surface area contributed by atoms with E-state index < -0.39 is 6.10 Å². The molecular formula is C16H19FN2O. The maximum Gasteiger partial charge on any atom is 0.134 e. The number of hydrogen-bond donors (Lipinski definition) is 1. The standard InChI is InChI=1S/C16H19FN2O/c1-11(13-7-4-5-9-15(13)17)19(3)16-14(12(2)20)8-6-10-18-16/h4-12,20H,1-3H3/t11?,12-/m1/s1. The average Bonchev–Trinajstić information content (AvgIpc) is 2.46. The molecule has 2 aromatic rings. The molecule has 20 heavy (non-hydrogen) atoms. The Hall–Kier alpha value is -1.94. The smallest absolute Gasteiger partial charge is 0.134 e. The molecular weight excluding hydrogens is 255 g/mol. The van der Waals surface area contributed by atoms with E-state index >= 15 is 0 Å². The Labute approximate surface area is 118 Å². The van der Waals surface area contributed by atoms with Crippen LogP contribution in [0.4, 0.5) is 10.2 Å². The number of aromatic nitrogens is 1. The molecule has 0 spiro atoms. The number of benzene rings is 1. The summed E-state index contributed by atoms with van der Waals surface area (Å²) in [4.78, 5) is 6.20. The summed E-state index contributed by atoms with van der Waals surface area (Å²) in [5.74, 6) is 0.430. The SMILES string of the molecule is CC(c1ccccc1F)N(C)c1ncccc1[C@@H](C)O. The third-order valence-corrected chi connectivity index (χ3v) is 3.54. The summed E-state index contributed by atoms with van der Waals surface area (Å²) in [6.45, 7) is 3.61. The van der Waals surface area contributed by atoms with Gasteiger partial charge in [0.15, 0.2) is 0 Å². The molecule has 0 saturated heterocycles. The molecule has 1 unspecified atom stereocenters. The zero-order chi connectivity index (χ0) is 14.7. The van der Waals surface area contributed by atoms with E-state index in [4.69, 9.17) is 0 Å². The van der Waals surface area contributed by atoms with Crippen LogP contribution in [-0.4, -0.2) is 17.1 Å². The lowest BCUT2D eigenvalue weighted by molar-refractivity contribution is 0.199. The first kappa shape index (κ1) is 14.5. The van der Waals surface area contributed by atoms with E-state index in [9.17, 15) is 9.50 Å². The Morgan fingerprint density at radius 3 is 2.40 bits per heavy atom. The number of pyridine rings is 1. The normalized spacial score (nSPS) is 13.8. The number of rotatable bonds is 4. The number of nitrogens with zero attached hydrogens (tertiary/aromatic N) is 2. The van der Waals surface area contributed by atoms with Gasteiger partial charge in [-0.1, -0.05) is 24.3 Å². The molecule has 1 heterocycles. The molecule has 1 aromatic heterocycles. The van der Waals surface area contributed by atoms with Crippen LogP contribution < -0.4 is 4.90 Å². The fourth-order valence-electron chi connectivity index (χ4n) is 2.24. The summed E-state index contributed by atoms with van der Waals surface area (Å²) in [6.07, 6.45) is 1.06. The molecule has 3 nitrogen and oxygen atoms in total. The summed E-state index contributed by atoms with van der Waals surface area (Å²) in [7, 11) is 1.85. The third kappa shape index (κ3) is 2.80. The van der Waals surface area contributed by atoms with Gasteiger partial charge in [0.2, 0.25) is 0 Å². The molecule has 0 amide bonds. The maximum atomic E-state index is 13.9. The number of aliphatic hydroxyl groups is 1. The van der Waals surface area contributed by atoms with E-state index in [0.29, 0.717) is 11.4 Å². The second-order valence-electron chi connectivity index (χ2n) is 4.90. The van der Waals surface area contributed by atoms with Crippen molar-refractivity contribution in [3.63, 3.8) is 0 Å². The van der Waals surface area contributed by atoms with Gasteiger partial charge in [-0.3, -0.25) is 0 Å². The van der Waals surface area contributed by atoms with Gasteiger partial charge in [0.25, 0.3) is 0 Å². The molecule has 0 aliphatic heterocycles. The number of anilines is 1. The first-order valence-electron chi connectivity index (χ1n) is 6.62. The molecule has 0 aliphatic carbocycles. The fourth-order valence-corrected chi connectivity index (χ4v) is 2.24. The van der Waals surface area contributed by atoms with E-state index in [-0.39, 0.29) is 11.9 Å². The van der Waals surface area contributed by atoms with Crippen molar-refractivity contribution in [2.75, 3.05) is 11.9 Å². The van der Waals surface area contributed by atoms with E-state index in [1.165, 1.54) is 6.07 Å². The fraction of sp³-hybridized carbons (Fsp3) is 0.312. The molecule has 2 atom stereocenters. The first-order valence-corrected chi connectivity index (χ1v) is 6.62. The quantitative estimate of drug-likeness (QED) is 0.927. The summed E-state index contributed by atoms with van der Waals surface area (Å²) in [5.41, 5.74) is 1.34. The topological polar surface area (TPSA) is 36.4 Å². The molecule has 0 radical (unpaired) electrons. The van der Waals surface area contributed by atoms with Crippen LogP contribution in [0.3, 0.4) is 0 Å². The van der Waals surface area contributed by atoms with Crippen LogP contribution in [0.15, 0.2) is 42.6 Å². The van der Waals surface area contributed by atoms with Gasteiger partial charge in [-0.25, -0.2) is 9.37 Å². The molecule has 1 N–H and O–H groups in total. The molecule has 0 fully saturated rings. The van der Waals surface area contributed by atoms with Crippen molar-refractivity contribution in [1.29, 1.82) is 0 Å². The van der Waals surface area contributed by atoms with Gasteiger partial charge < -0.3 is 10.0 Å². The van der Waals surface area contributed by atoms with E-state index in [1.807, 2.05) is 31.0 Å². The highest BCUT2D eigenvalue weighted by atomic mass is 19.1. The van der Waals surface area contributed by atoms with Crippen LogP contribution in [-0.2, 0) is 0 Å².